The second-order valence-electron chi connectivity index (χ2n) is 5.53. The molecule has 8 heteroatoms. The monoisotopic (exact) mass is 384 g/mol. The van der Waals surface area contributed by atoms with E-state index >= 15 is 0 Å². The van der Waals surface area contributed by atoms with Crippen LogP contribution in [0.25, 0.3) is 11.4 Å². The van der Waals surface area contributed by atoms with Gasteiger partial charge < -0.3 is 14.6 Å². The lowest BCUT2D eigenvalue weighted by molar-refractivity contribution is 0.318. The van der Waals surface area contributed by atoms with Gasteiger partial charge in [0.2, 0.25) is 4.77 Å². The number of hydrogen-bond acceptors (Lipinski definition) is 6. The minimum absolute atomic E-state index is 0.0855. The molecule has 0 saturated heterocycles. The van der Waals surface area contributed by atoms with E-state index in [2.05, 4.69) is 15.3 Å². The van der Waals surface area contributed by atoms with E-state index in [9.17, 15) is 5.11 Å². The van der Waals surface area contributed by atoms with Crippen LogP contribution in [0.1, 0.15) is 19.4 Å². The van der Waals surface area contributed by atoms with Gasteiger partial charge in [-0.2, -0.15) is 14.9 Å². The fourth-order valence-corrected chi connectivity index (χ4v) is 2.66. The molecular formula is C19H20N4O3S. The van der Waals surface area contributed by atoms with E-state index in [4.69, 9.17) is 21.7 Å². The van der Waals surface area contributed by atoms with E-state index in [1.807, 2.05) is 38.1 Å². The van der Waals surface area contributed by atoms with Crippen molar-refractivity contribution in [2.24, 2.45) is 5.10 Å². The molecule has 2 aromatic carbocycles. The molecule has 3 rings (SSSR count). The Balaban J connectivity index is 1.94. The summed E-state index contributed by atoms with van der Waals surface area (Å²) in [5, 5.41) is 21.3. The Bertz CT molecular complexity index is 1010. The second-order valence-corrected chi connectivity index (χ2v) is 5.92. The van der Waals surface area contributed by atoms with Crippen LogP contribution in [0.2, 0.25) is 0 Å². The van der Waals surface area contributed by atoms with Crippen LogP contribution >= 0.6 is 12.2 Å². The number of benzene rings is 2. The number of aromatic nitrogens is 3. The van der Waals surface area contributed by atoms with Crippen molar-refractivity contribution in [1.82, 2.24) is 14.9 Å². The van der Waals surface area contributed by atoms with Crippen LogP contribution < -0.4 is 9.47 Å². The molecule has 3 aromatic rings. The van der Waals surface area contributed by atoms with Crippen molar-refractivity contribution in [3.05, 3.63) is 52.8 Å². The van der Waals surface area contributed by atoms with Gasteiger partial charge in [-0.15, -0.1) is 0 Å². The first-order valence-corrected chi connectivity index (χ1v) is 8.94. The summed E-state index contributed by atoms with van der Waals surface area (Å²) >= 11 is 5.30. The van der Waals surface area contributed by atoms with Gasteiger partial charge in [0.05, 0.1) is 19.4 Å². The number of nitrogens with zero attached hydrogens (tertiary/aromatic N) is 3. The van der Waals surface area contributed by atoms with Crippen molar-refractivity contribution in [2.45, 2.75) is 13.8 Å². The Morgan fingerprint density at radius 2 is 2.00 bits per heavy atom. The SMILES string of the molecule is CCOc1cccc(-c2n[nH]c(=S)n2/N=C/c2ccc(O)c(OCC)c2)c1. The van der Waals surface area contributed by atoms with Crippen molar-refractivity contribution >= 4 is 18.4 Å². The highest BCUT2D eigenvalue weighted by Crippen LogP contribution is 2.26. The second kappa shape index (κ2) is 8.50. The molecule has 0 fully saturated rings. The minimum atomic E-state index is 0.0855. The Morgan fingerprint density at radius 3 is 2.78 bits per heavy atom. The number of phenols is 1. The van der Waals surface area contributed by atoms with Gasteiger partial charge in [0.15, 0.2) is 17.3 Å². The molecule has 1 heterocycles. The zero-order chi connectivity index (χ0) is 19.2. The maximum Gasteiger partial charge on any atom is 0.216 e. The van der Waals surface area contributed by atoms with Crippen molar-refractivity contribution in [1.29, 1.82) is 0 Å². The predicted molar refractivity (Wildman–Crippen MR) is 106 cm³/mol. The van der Waals surface area contributed by atoms with Crippen LogP contribution in [-0.4, -0.2) is 39.4 Å². The summed E-state index contributed by atoms with van der Waals surface area (Å²) in [6, 6.07) is 12.6. The molecule has 0 saturated carbocycles. The number of ether oxygens (including phenoxy) is 2. The van der Waals surface area contributed by atoms with Crippen molar-refractivity contribution in [3.63, 3.8) is 0 Å². The van der Waals surface area contributed by atoms with Gasteiger partial charge in [-0.05, 0) is 62.0 Å². The number of nitrogens with one attached hydrogen (secondary N) is 1. The average Bonchev–Trinajstić information content (AvgIpc) is 3.04. The van der Waals surface area contributed by atoms with Gasteiger partial charge in [-0.25, -0.2) is 5.10 Å². The molecule has 0 spiro atoms. The van der Waals surface area contributed by atoms with Crippen molar-refractivity contribution in [3.8, 4) is 28.6 Å². The van der Waals surface area contributed by atoms with Crippen LogP contribution in [0.15, 0.2) is 47.6 Å². The first kappa shape index (κ1) is 18.7. The van der Waals surface area contributed by atoms with Crippen LogP contribution in [0.3, 0.4) is 0 Å². The van der Waals surface area contributed by atoms with Gasteiger partial charge in [0, 0.05) is 5.56 Å². The predicted octanol–water partition coefficient (Wildman–Crippen LogP) is 3.99. The van der Waals surface area contributed by atoms with Crippen molar-refractivity contribution in [2.75, 3.05) is 13.2 Å². The smallest absolute Gasteiger partial charge is 0.216 e. The number of aromatic hydroxyl groups is 1. The summed E-state index contributed by atoms with van der Waals surface area (Å²) in [4.78, 5) is 0. The number of hydrogen-bond donors (Lipinski definition) is 2. The lowest BCUT2D eigenvalue weighted by atomic mass is 10.2. The van der Waals surface area contributed by atoms with Crippen LogP contribution in [0.5, 0.6) is 17.2 Å². The lowest BCUT2D eigenvalue weighted by Gasteiger charge is -2.07. The largest absolute Gasteiger partial charge is 0.504 e. The highest BCUT2D eigenvalue weighted by atomic mass is 32.1. The summed E-state index contributed by atoms with van der Waals surface area (Å²) in [6.45, 7) is 4.83. The molecule has 0 aliphatic heterocycles. The zero-order valence-electron chi connectivity index (χ0n) is 15.0. The van der Waals surface area contributed by atoms with E-state index in [1.54, 1.807) is 24.4 Å². The molecule has 27 heavy (non-hydrogen) atoms. The first-order chi connectivity index (χ1) is 13.1. The summed E-state index contributed by atoms with van der Waals surface area (Å²) in [5.41, 5.74) is 1.58. The van der Waals surface area contributed by atoms with E-state index in [0.29, 0.717) is 29.6 Å². The Hall–Kier alpha value is -3.13. The van der Waals surface area contributed by atoms with E-state index in [0.717, 1.165) is 16.9 Å². The quantitative estimate of drug-likeness (QED) is 0.475. The summed E-state index contributed by atoms with van der Waals surface area (Å²) in [7, 11) is 0. The Morgan fingerprint density at radius 1 is 1.19 bits per heavy atom. The molecular weight excluding hydrogens is 364 g/mol. The molecule has 0 aliphatic carbocycles. The fraction of sp³-hybridized carbons (Fsp3) is 0.211. The molecule has 0 bridgehead atoms. The molecule has 0 amide bonds. The van der Waals surface area contributed by atoms with Crippen LogP contribution in [0.4, 0.5) is 0 Å². The Kier molecular flexibility index (Phi) is 5.87. The normalized spacial score (nSPS) is 11.0. The number of rotatable bonds is 7. The van der Waals surface area contributed by atoms with Gasteiger partial charge in [-0.1, -0.05) is 12.1 Å². The van der Waals surface area contributed by atoms with Crippen molar-refractivity contribution < 1.29 is 14.6 Å². The highest BCUT2D eigenvalue weighted by Gasteiger charge is 2.09. The first-order valence-electron chi connectivity index (χ1n) is 8.53. The third-order valence-electron chi connectivity index (χ3n) is 3.66. The topological polar surface area (TPSA) is 84.7 Å². The maximum atomic E-state index is 9.81. The van der Waals surface area contributed by atoms with Crippen LogP contribution in [-0.2, 0) is 0 Å². The number of H-pyrrole nitrogens is 1. The van der Waals surface area contributed by atoms with Crippen LogP contribution in [0, 0.1) is 4.77 Å². The maximum absolute atomic E-state index is 9.81. The fourth-order valence-electron chi connectivity index (χ4n) is 2.48. The molecule has 0 atom stereocenters. The lowest BCUT2D eigenvalue weighted by Crippen LogP contribution is -1.97. The highest BCUT2D eigenvalue weighted by molar-refractivity contribution is 7.71. The van der Waals surface area contributed by atoms with E-state index in [1.165, 1.54) is 4.68 Å². The third-order valence-corrected chi connectivity index (χ3v) is 3.92. The summed E-state index contributed by atoms with van der Waals surface area (Å²) < 4.78 is 12.8. The summed E-state index contributed by atoms with van der Waals surface area (Å²) in [6.07, 6.45) is 1.63. The molecule has 0 unspecified atom stereocenters. The Labute approximate surface area is 161 Å². The molecule has 1 aromatic heterocycles. The van der Waals surface area contributed by atoms with Gasteiger partial charge >= 0.3 is 0 Å². The van der Waals surface area contributed by atoms with Gasteiger partial charge in [-0.3, -0.25) is 0 Å². The molecule has 7 nitrogen and oxygen atoms in total. The van der Waals surface area contributed by atoms with E-state index < -0.39 is 0 Å². The molecule has 140 valence electrons. The number of aromatic amines is 1. The number of phenolic OH excluding ortho intramolecular Hbond substituents is 1. The molecule has 0 aliphatic rings. The standard InChI is InChI=1S/C19H20N4O3S/c1-3-25-15-7-5-6-14(11-15)18-21-22-19(27)23(18)20-12-13-8-9-16(24)17(10-13)26-4-2/h5-12,24H,3-4H2,1-2H3,(H,22,27)/b20-12+. The van der Waals surface area contributed by atoms with Gasteiger partial charge in [0.25, 0.3) is 0 Å². The average molecular weight is 384 g/mol. The zero-order valence-corrected chi connectivity index (χ0v) is 15.9. The minimum Gasteiger partial charge on any atom is -0.504 e. The molecule has 0 radical (unpaired) electrons. The third kappa shape index (κ3) is 4.35. The van der Waals surface area contributed by atoms with Gasteiger partial charge in [0.1, 0.15) is 5.75 Å². The van der Waals surface area contributed by atoms with E-state index in [-0.39, 0.29) is 5.75 Å². The summed E-state index contributed by atoms with van der Waals surface area (Å²) in [5.74, 6) is 1.81. The molecule has 2 N–H and O–H groups in total.